The maximum Gasteiger partial charge on any atom is 0.411 e. The molecule has 378 valence electrons. The van der Waals surface area contributed by atoms with Crippen LogP contribution in [0.3, 0.4) is 0 Å². The summed E-state index contributed by atoms with van der Waals surface area (Å²) in [7, 11) is 0. The van der Waals surface area contributed by atoms with Crippen LogP contribution in [0, 0.1) is 0 Å². The van der Waals surface area contributed by atoms with Gasteiger partial charge in [0.2, 0.25) is 5.91 Å². The zero-order chi connectivity index (χ0) is 52.0. The van der Waals surface area contributed by atoms with Crippen LogP contribution >= 0.6 is 0 Å². The molecular formula is C53H60N8O11. The van der Waals surface area contributed by atoms with Crippen molar-refractivity contribution in [1.82, 2.24) is 30.2 Å². The molecule has 6 rings (SSSR count). The largest absolute Gasteiger partial charge is 0.481 e. The van der Waals surface area contributed by atoms with Crippen LogP contribution in [0.1, 0.15) is 69.7 Å². The van der Waals surface area contributed by atoms with Crippen LogP contribution in [0.15, 0.2) is 131 Å². The fourth-order valence-corrected chi connectivity index (χ4v) is 6.83. The molecule has 19 heteroatoms. The molecular weight excluding hydrogens is 925 g/mol. The smallest absolute Gasteiger partial charge is 0.411 e. The summed E-state index contributed by atoms with van der Waals surface area (Å²) < 4.78 is 17.7. The first-order valence-corrected chi connectivity index (χ1v) is 23.3. The maximum atomic E-state index is 12.5. The number of carbonyl (C=O) groups excluding carboxylic acids is 4. The van der Waals surface area contributed by atoms with Gasteiger partial charge < -0.3 is 30.0 Å². The molecule has 0 radical (unpaired) electrons. The molecule has 0 unspecified atom stereocenters. The van der Waals surface area contributed by atoms with E-state index in [1.165, 1.54) is 21.5 Å². The summed E-state index contributed by atoms with van der Waals surface area (Å²) in [6.07, 6.45) is 0.103. The minimum atomic E-state index is -0.894. The van der Waals surface area contributed by atoms with E-state index in [1.54, 1.807) is 86.6 Å². The molecule has 0 saturated carbocycles. The summed E-state index contributed by atoms with van der Waals surface area (Å²) in [4.78, 5) is 82.9. The Morgan fingerprint density at radius 2 is 1.00 bits per heavy atom. The third kappa shape index (κ3) is 18.7. The third-order valence-electron chi connectivity index (χ3n) is 10.1. The van der Waals surface area contributed by atoms with Gasteiger partial charge in [-0.05, 0) is 106 Å². The molecule has 0 fully saturated rings. The summed E-state index contributed by atoms with van der Waals surface area (Å²) in [5.41, 5.74) is 5.98. The van der Waals surface area contributed by atoms with Gasteiger partial charge in [-0.15, -0.1) is 0 Å². The zero-order valence-electron chi connectivity index (χ0n) is 40.9. The second-order valence-corrected chi connectivity index (χ2v) is 17.1. The molecule has 0 aliphatic heterocycles. The number of amides is 4. The first-order valence-electron chi connectivity index (χ1n) is 23.3. The van der Waals surface area contributed by atoms with Gasteiger partial charge in [-0.2, -0.15) is 10.2 Å². The third-order valence-corrected chi connectivity index (χ3v) is 10.1. The Morgan fingerprint density at radius 3 is 1.43 bits per heavy atom. The van der Waals surface area contributed by atoms with E-state index in [1.807, 2.05) is 57.2 Å². The molecule has 72 heavy (non-hydrogen) atoms. The van der Waals surface area contributed by atoms with Crippen LogP contribution in [0.5, 0.6) is 0 Å². The lowest BCUT2D eigenvalue weighted by molar-refractivity contribution is -0.136. The van der Waals surface area contributed by atoms with E-state index >= 15 is 0 Å². The van der Waals surface area contributed by atoms with Crippen molar-refractivity contribution in [1.29, 1.82) is 0 Å². The number of unbranched alkanes of at least 4 members (excludes halogenated alkanes) is 1. The predicted molar refractivity (Wildman–Crippen MR) is 272 cm³/mol. The molecule has 0 atom stereocenters. The Kier molecular flexibility index (Phi) is 20.3. The number of nitrogens with one attached hydrogen (secondary N) is 4. The average molecular weight is 985 g/mol. The van der Waals surface area contributed by atoms with Crippen LogP contribution in [-0.4, -0.2) is 86.7 Å². The second-order valence-electron chi connectivity index (χ2n) is 17.1. The van der Waals surface area contributed by atoms with Crippen molar-refractivity contribution in [3.8, 4) is 22.5 Å². The van der Waals surface area contributed by atoms with Crippen molar-refractivity contribution in [2.75, 3.05) is 36.9 Å². The number of ether oxygens (including phenoxy) is 3. The lowest BCUT2D eigenvalue weighted by atomic mass is 10.1. The van der Waals surface area contributed by atoms with Gasteiger partial charge in [-0.3, -0.25) is 29.8 Å². The number of hydrogen-bond donors (Lipinski definition) is 5. The number of alkyl carbamates (subject to hydrolysis) is 1. The summed E-state index contributed by atoms with van der Waals surface area (Å²) in [5.74, 6) is -0.983. The molecule has 0 aliphatic carbocycles. The molecule has 0 saturated heterocycles. The van der Waals surface area contributed by atoms with Crippen LogP contribution in [-0.2, 0) is 49.7 Å². The first kappa shape index (κ1) is 54.3. The van der Waals surface area contributed by atoms with Gasteiger partial charge in [0, 0.05) is 47.7 Å². The second kappa shape index (κ2) is 27.0. The Bertz CT molecular complexity index is 2910. The fourth-order valence-electron chi connectivity index (χ4n) is 6.83. The van der Waals surface area contributed by atoms with Gasteiger partial charge in [-0.25, -0.2) is 23.7 Å². The predicted octanol–water partition coefficient (Wildman–Crippen LogP) is 7.64. The highest BCUT2D eigenvalue weighted by Gasteiger charge is 2.16. The highest BCUT2D eigenvalue weighted by molar-refractivity contribution is 5.85. The highest BCUT2D eigenvalue weighted by Crippen LogP contribution is 2.20. The van der Waals surface area contributed by atoms with Crippen LogP contribution in [0.25, 0.3) is 22.5 Å². The molecule has 19 nitrogen and oxygen atoms in total. The van der Waals surface area contributed by atoms with Crippen molar-refractivity contribution in [2.24, 2.45) is 0 Å². The van der Waals surface area contributed by atoms with E-state index < -0.39 is 29.9 Å². The summed E-state index contributed by atoms with van der Waals surface area (Å²) in [5, 5.41) is 28.7. The minimum Gasteiger partial charge on any atom is -0.481 e. The topological polar surface area (TPSA) is 251 Å². The number of aliphatic carboxylic acids is 1. The van der Waals surface area contributed by atoms with Crippen molar-refractivity contribution in [3.05, 3.63) is 164 Å². The minimum absolute atomic E-state index is 0.0522. The monoisotopic (exact) mass is 984 g/mol. The van der Waals surface area contributed by atoms with Crippen molar-refractivity contribution in [2.45, 2.75) is 79.0 Å². The molecule has 0 aliphatic rings. The number of carboxylic acids is 1. The van der Waals surface area contributed by atoms with E-state index in [2.05, 4.69) is 31.5 Å². The van der Waals surface area contributed by atoms with Gasteiger partial charge in [0.1, 0.15) is 5.60 Å². The summed E-state index contributed by atoms with van der Waals surface area (Å²) in [6, 6.07) is 34.9. The fraction of sp³-hybridized carbons (Fsp3) is 0.302. The van der Waals surface area contributed by atoms with E-state index in [4.69, 9.17) is 19.3 Å². The highest BCUT2D eigenvalue weighted by atomic mass is 16.6. The molecule has 6 aromatic rings. The lowest BCUT2D eigenvalue weighted by Crippen LogP contribution is -2.33. The molecule has 5 N–H and O–H groups in total. The van der Waals surface area contributed by atoms with E-state index in [0.717, 1.165) is 40.7 Å². The number of benzene rings is 4. The molecule has 0 spiro atoms. The van der Waals surface area contributed by atoms with Crippen LogP contribution in [0.2, 0.25) is 0 Å². The Balaban J connectivity index is 0.000000282. The lowest BCUT2D eigenvalue weighted by Gasteiger charge is -2.19. The number of hydrogen-bond acceptors (Lipinski definition) is 12. The summed E-state index contributed by atoms with van der Waals surface area (Å²) in [6.45, 7) is 10.9. The number of carboxylic acid groups (broad SMARTS) is 1. The normalized spacial score (nSPS) is 10.7. The van der Waals surface area contributed by atoms with Crippen molar-refractivity contribution >= 4 is 41.5 Å². The Morgan fingerprint density at radius 1 is 0.556 bits per heavy atom. The van der Waals surface area contributed by atoms with Crippen LogP contribution < -0.4 is 32.4 Å². The Hall–Kier alpha value is -8.61. The SMILES string of the molecule is CCOC(=O)Nc1cccc(Cn2nc(-c3ccc(CC(=O)NCCCCNC(=O)OC(C)(C)C)cc3)ccc2=O)c1.CCOC(=O)Nc1cccc(Cn2nc(-c3ccc(CC(=O)O)cc3)ccc2=O)c1. The summed E-state index contributed by atoms with van der Waals surface area (Å²) >= 11 is 0. The standard InChI is InChI=1S/C31H39N5O6.C22H21N3O5/c1-5-41-30(40)34-25-10-8-9-23(19-25)21-36-28(38)16-15-26(35-36)24-13-11-22(12-14-24)20-27(37)32-17-6-7-18-33-29(39)42-31(2,3)4;1-2-30-22(29)23-18-5-3-4-16(12-18)14-25-20(26)11-10-19(24-25)17-8-6-15(7-9-17)13-21(27)28/h8-16,19H,5-7,17-18,20-21H2,1-4H3,(H,32,37)(H,33,39)(H,34,40);3-12H,2,13-14H2,1H3,(H,23,29)(H,27,28). The zero-order valence-corrected chi connectivity index (χ0v) is 40.9. The number of nitrogens with zero attached hydrogens (tertiary/aromatic N) is 4. The quantitative estimate of drug-likeness (QED) is 0.0387. The molecule has 4 aromatic carbocycles. The van der Waals surface area contributed by atoms with Gasteiger partial charge in [0.05, 0.1) is 50.5 Å². The van der Waals surface area contributed by atoms with Crippen LogP contribution in [0.4, 0.5) is 25.8 Å². The molecule has 2 heterocycles. The average Bonchev–Trinajstić information content (AvgIpc) is 3.32. The van der Waals surface area contributed by atoms with E-state index in [9.17, 15) is 33.6 Å². The van der Waals surface area contributed by atoms with E-state index in [0.29, 0.717) is 41.4 Å². The van der Waals surface area contributed by atoms with Gasteiger partial charge in [-0.1, -0.05) is 72.8 Å². The van der Waals surface area contributed by atoms with Gasteiger partial charge >= 0.3 is 24.2 Å². The first-order chi connectivity index (χ1) is 34.5. The van der Waals surface area contributed by atoms with Gasteiger partial charge in [0.15, 0.2) is 0 Å². The van der Waals surface area contributed by atoms with Crippen molar-refractivity contribution in [3.63, 3.8) is 0 Å². The van der Waals surface area contributed by atoms with Gasteiger partial charge in [0.25, 0.3) is 11.1 Å². The number of rotatable bonds is 19. The molecule has 4 amide bonds. The Labute approximate surface area is 416 Å². The molecule has 0 bridgehead atoms. The van der Waals surface area contributed by atoms with E-state index in [-0.39, 0.29) is 56.2 Å². The maximum absolute atomic E-state index is 12.5. The number of anilines is 2. The number of aromatic nitrogens is 4. The number of carbonyl (C=O) groups is 5. The van der Waals surface area contributed by atoms with Crippen molar-refractivity contribution < 1.29 is 43.3 Å². The molecule has 2 aromatic heterocycles.